The van der Waals surface area contributed by atoms with Crippen molar-refractivity contribution in [1.82, 2.24) is 0 Å². The van der Waals surface area contributed by atoms with E-state index in [2.05, 4.69) is 4.18 Å². The Hall–Kier alpha value is -1.44. The predicted octanol–water partition coefficient (Wildman–Crippen LogP) is 1.93. The highest BCUT2D eigenvalue weighted by Crippen LogP contribution is 2.32. The van der Waals surface area contributed by atoms with Crippen molar-refractivity contribution in [2.45, 2.75) is 12.4 Å². The molecule has 8 heteroatoms. The number of hydrogen-bond donors (Lipinski definition) is 1. The second-order valence-corrected chi connectivity index (χ2v) is 4.49. The van der Waals surface area contributed by atoms with E-state index in [1.165, 1.54) is 13.0 Å². The van der Waals surface area contributed by atoms with Gasteiger partial charge >= 0.3 is 15.6 Å². The first kappa shape index (κ1) is 12.6. The molecule has 0 heterocycles. The monoisotopic (exact) mass is 256 g/mol. The number of benzene rings is 1. The van der Waals surface area contributed by atoms with Crippen LogP contribution < -0.4 is 4.18 Å². The smallest absolute Gasteiger partial charge is 0.504 e. The van der Waals surface area contributed by atoms with Crippen molar-refractivity contribution >= 4 is 10.1 Å². The van der Waals surface area contributed by atoms with E-state index in [0.717, 1.165) is 12.1 Å². The maximum absolute atomic E-state index is 12.0. The highest BCUT2D eigenvalue weighted by atomic mass is 32.2. The molecule has 1 aromatic rings. The van der Waals surface area contributed by atoms with Gasteiger partial charge in [-0.05, 0) is 24.6 Å². The van der Waals surface area contributed by atoms with Crippen LogP contribution in [0.3, 0.4) is 0 Å². The summed E-state index contributed by atoms with van der Waals surface area (Å²) < 4.78 is 60.9. The first-order valence-electron chi connectivity index (χ1n) is 3.94. The summed E-state index contributed by atoms with van der Waals surface area (Å²) >= 11 is 0. The normalized spacial score (nSPS) is 12.5. The van der Waals surface area contributed by atoms with Gasteiger partial charge in [-0.1, -0.05) is 6.07 Å². The zero-order valence-electron chi connectivity index (χ0n) is 7.95. The molecule has 0 amide bonds. The Kier molecular flexibility index (Phi) is 3.04. The van der Waals surface area contributed by atoms with Gasteiger partial charge in [0.1, 0.15) is 0 Å². The molecule has 0 aliphatic rings. The average molecular weight is 256 g/mol. The van der Waals surface area contributed by atoms with Crippen molar-refractivity contribution in [2.24, 2.45) is 0 Å². The highest BCUT2D eigenvalue weighted by molar-refractivity contribution is 7.88. The number of aromatic hydroxyl groups is 1. The Morgan fingerprint density at radius 2 is 1.88 bits per heavy atom. The second-order valence-electron chi connectivity index (χ2n) is 2.95. The number of hydrogen-bond acceptors (Lipinski definition) is 4. The lowest BCUT2D eigenvalue weighted by Gasteiger charge is -2.10. The quantitative estimate of drug-likeness (QED) is 0.648. The van der Waals surface area contributed by atoms with Crippen LogP contribution in [0.5, 0.6) is 11.5 Å². The van der Waals surface area contributed by atoms with Crippen molar-refractivity contribution in [3.63, 3.8) is 0 Å². The SMILES string of the molecule is Cc1ccc(O)c(OS(=O)(=O)C(F)(F)F)c1. The average Bonchev–Trinajstić information content (AvgIpc) is 2.09. The van der Waals surface area contributed by atoms with Gasteiger partial charge in [0.15, 0.2) is 11.5 Å². The molecule has 0 unspecified atom stereocenters. The standard InChI is InChI=1S/C8H7F3O4S/c1-5-2-3-6(12)7(4-5)15-16(13,14)8(9,10)11/h2-4,12H,1H3. The second kappa shape index (κ2) is 3.85. The summed E-state index contributed by atoms with van der Waals surface area (Å²) in [4.78, 5) is 0. The zero-order valence-corrected chi connectivity index (χ0v) is 8.76. The van der Waals surface area contributed by atoms with Gasteiger partial charge in [-0.3, -0.25) is 0 Å². The van der Waals surface area contributed by atoms with Gasteiger partial charge in [-0.25, -0.2) is 0 Å². The van der Waals surface area contributed by atoms with Gasteiger partial charge in [0, 0.05) is 0 Å². The number of rotatable bonds is 2. The number of phenols is 1. The maximum atomic E-state index is 12.0. The highest BCUT2D eigenvalue weighted by Gasteiger charge is 2.48. The van der Waals surface area contributed by atoms with Crippen molar-refractivity contribution in [3.8, 4) is 11.5 Å². The molecule has 0 saturated carbocycles. The van der Waals surface area contributed by atoms with Gasteiger partial charge in [0.2, 0.25) is 0 Å². The Labute approximate surface area is 89.4 Å². The number of alkyl halides is 3. The van der Waals surface area contributed by atoms with Crippen LogP contribution in [0.15, 0.2) is 18.2 Å². The van der Waals surface area contributed by atoms with E-state index in [1.807, 2.05) is 0 Å². The molecule has 0 bridgehead atoms. The topological polar surface area (TPSA) is 63.6 Å². The Bertz CT molecular complexity index is 492. The molecule has 0 radical (unpaired) electrons. The van der Waals surface area contributed by atoms with E-state index in [1.54, 1.807) is 0 Å². The van der Waals surface area contributed by atoms with Crippen LogP contribution in [0, 0.1) is 6.92 Å². The minimum absolute atomic E-state index is 0.449. The molecule has 1 N–H and O–H groups in total. The molecule has 0 aliphatic heterocycles. The summed E-state index contributed by atoms with van der Waals surface area (Å²) in [5, 5.41) is 9.11. The number of phenolic OH excluding ortho intramolecular Hbond substituents is 1. The van der Waals surface area contributed by atoms with E-state index < -0.39 is 27.1 Å². The van der Waals surface area contributed by atoms with E-state index in [9.17, 15) is 21.6 Å². The molecule has 0 saturated heterocycles. The van der Waals surface area contributed by atoms with Gasteiger partial charge in [-0.2, -0.15) is 21.6 Å². The largest absolute Gasteiger partial charge is 0.534 e. The van der Waals surface area contributed by atoms with Crippen molar-refractivity contribution in [2.75, 3.05) is 0 Å². The third-order valence-electron chi connectivity index (χ3n) is 1.60. The number of aryl methyl sites for hydroxylation is 1. The van der Waals surface area contributed by atoms with Crippen molar-refractivity contribution in [1.29, 1.82) is 0 Å². The van der Waals surface area contributed by atoms with Crippen molar-refractivity contribution in [3.05, 3.63) is 23.8 Å². The molecule has 0 atom stereocenters. The summed E-state index contributed by atoms with van der Waals surface area (Å²) in [6, 6.07) is 3.41. The maximum Gasteiger partial charge on any atom is 0.534 e. The van der Waals surface area contributed by atoms with Gasteiger partial charge in [0.05, 0.1) is 0 Å². The third kappa shape index (κ3) is 2.57. The molecule has 0 spiro atoms. The third-order valence-corrected chi connectivity index (χ3v) is 2.56. The van der Waals surface area contributed by atoms with Crippen LogP contribution in [-0.2, 0) is 10.1 Å². The van der Waals surface area contributed by atoms with Crippen LogP contribution in [0.4, 0.5) is 13.2 Å². The zero-order chi connectivity index (χ0) is 12.6. The first-order valence-corrected chi connectivity index (χ1v) is 5.35. The summed E-state index contributed by atoms with van der Waals surface area (Å²) in [6.45, 7) is 1.51. The van der Waals surface area contributed by atoms with Gasteiger partial charge < -0.3 is 9.29 Å². The summed E-state index contributed by atoms with van der Waals surface area (Å²) in [5.74, 6) is -1.43. The fourth-order valence-corrected chi connectivity index (χ4v) is 1.32. The Balaban J connectivity index is 3.11. The summed E-state index contributed by atoms with van der Waals surface area (Å²) in [5.41, 5.74) is -5.08. The molecule has 90 valence electrons. The Morgan fingerprint density at radius 1 is 1.31 bits per heavy atom. The fraction of sp³-hybridized carbons (Fsp3) is 0.250. The van der Waals surface area contributed by atoms with Crippen LogP contribution >= 0.6 is 0 Å². The first-order chi connectivity index (χ1) is 7.13. The van der Waals surface area contributed by atoms with Gasteiger partial charge in [0.25, 0.3) is 0 Å². The molecule has 16 heavy (non-hydrogen) atoms. The van der Waals surface area contributed by atoms with E-state index in [0.29, 0.717) is 5.56 Å². The molecular weight excluding hydrogens is 249 g/mol. The Morgan fingerprint density at radius 3 is 2.38 bits per heavy atom. The molecule has 1 rings (SSSR count). The lowest BCUT2D eigenvalue weighted by Crippen LogP contribution is -2.28. The molecule has 1 aromatic carbocycles. The summed E-state index contributed by atoms with van der Waals surface area (Å²) in [7, 11) is -5.75. The van der Waals surface area contributed by atoms with Crippen LogP contribution in [0.2, 0.25) is 0 Å². The molecule has 0 aliphatic carbocycles. The van der Waals surface area contributed by atoms with E-state index in [-0.39, 0.29) is 0 Å². The number of halogens is 3. The predicted molar refractivity (Wildman–Crippen MR) is 48.4 cm³/mol. The molecule has 4 nitrogen and oxygen atoms in total. The molecular formula is C8H7F3O4S. The summed E-state index contributed by atoms with van der Waals surface area (Å²) in [6.07, 6.45) is 0. The minimum atomic E-state index is -5.75. The van der Waals surface area contributed by atoms with E-state index >= 15 is 0 Å². The van der Waals surface area contributed by atoms with Gasteiger partial charge in [-0.15, -0.1) is 0 Å². The molecule has 0 aromatic heterocycles. The van der Waals surface area contributed by atoms with Crippen LogP contribution in [0.1, 0.15) is 5.56 Å². The lowest BCUT2D eigenvalue weighted by atomic mass is 10.2. The van der Waals surface area contributed by atoms with Crippen LogP contribution in [-0.4, -0.2) is 19.0 Å². The van der Waals surface area contributed by atoms with Crippen molar-refractivity contribution < 1.29 is 30.9 Å². The van der Waals surface area contributed by atoms with Crippen LogP contribution in [0.25, 0.3) is 0 Å². The lowest BCUT2D eigenvalue weighted by molar-refractivity contribution is -0.0500. The minimum Gasteiger partial charge on any atom is -0.504 e. The fourth-order valence-electron chi connectivity index (χ4n) is 0.854. The molecule has 0 fully saturated rings. The van der Waals surface area contributed by atoms with E-state index in [4.69, 9.17) is 5.11 Å².